The number of hydrogen-bond acceptors (Lipinski definition) is 1. The Morgan fingerprint density at radius 3 is 2.52 bits per heavy atom. The zero-order valence-electron chi connectivity index (χ0n) is 13.2. The van der Waals surface area contributed by atoms with Crippen LogP contribution in [0.3, 0.4) is 0 Å². The van der Waals surface area contributed by atoms with E-state index in [1.807, 2.05) is 31.2 Å². The number of carbonyl (C=O) groups is 1. The molecular formula is C20H20FNO. The van der Waals surface area contributed by atoms with E-state index in [1.165, 1.54) is 17.7 Å². The number of carbonyl (C=O) groups excluding carboxylic acids is 1. The highest BCUT2D eigenvalue weighted by atomic mass is 19.1. The van der Waals surface area contributed by atoms with Crippen LogP contribution in [-0.4, -0.2) is 17.4 Å². The third-order valence-electron chi connectivity index (χ3n) is 3.48. The SMILES string of the molecule is C=CCN(Cc1ccccc1F)C(=O)/C=C/c1ccc(C)cc1. The third-order valence-corrected chi connectivity index (χ3v) is 3.48. The highest BCUT2D eigenvalue weighted by Crippen LogP contribution is 2.11. The van der Waals surface area contributed by atoms with Crippen molar-refractivity contribution in [3.63, 3.8) is 0 Å². The zero-order valence-corrected chi connectivity index (χ0v) is 13.2. The van der Waals surface area contributed by atoms with Gasteiger partial charge in [-0.05, 0) is 24.6 Å². The van der Waals surface area contributed by atoms with E-state index in [0.29, 0.717) is 12.1 Å². The molecule has 1 amide bonds. The smallest absolute Gasteiger partial charge is 0.247 e. The molecule has 2 nitrogen and oxygen atoms in total. The fourth-order valence-electron chi connectivity index (χ4n) is 2.17. The van der Waals surface area contributed by atoms with Gasteiger partial charge in [-0.1, -0.05) is 54.1 Å². The maximum atomic E-state index is 13.8. The Morgan fingerprint density at radius 1 is 1.17 bits per heavy atom. The van der Waals surface area contributed by atoms with Crippen molar-refractivity contribution in [3.8, 4) is 0 Å². The van der Waals surface area contributed by atoms with Gasteiger partial charge >= 0.3 is 0 Å². The third kappa shape index (κ3) is 4.92. The maximum Gasteiger partial charge on any atom is 0.247 e. The minimum atomic E-state index is -0.308. The summed E-state index contributed by atoms with van der Waals surface area (Å²) in [4.78, 5) is 13.9. The van der Waals surface area contributed by atoms with E-state index in [4.69, 9.17) is 0 Å². The van der Waals surface area contributed by atoms with Crippen LogP contribution < -0.4 is 0 Å². The van der Waals surface area contributed by atoms with E-state index < -0.39 is 0 Å². The number of benzene rings is 2. The lowest BCUT2D eigenvalue weighted by Gasteiger charge is -2.19. The molecule has 0 fully saturated rings. The van der Waals surface area contributed by atoms with E-state index in [1.54, 1.807) is 35.3 Å². The molecule has 2 aromatic rings. The maximum absolute atomic E-state index is 13.8. The van der Waals surface area contributed by atoms with Crippen molar-refractivity contribution >= 4 is 12.0 Å². The van der Waals surface area contributed by atoms with Gasteiger partial charge in [0.15, 0.2) is 0 Å². The summed E-state index contributed by atoms with van der Waals surface area (Å²) >= 11 is 0. The Kier molecular flexibility index (Phi) is 5.87. The zero-order chi connectivity index (χ0) is 16.7. The number of amides is 1. The van der Waals surface area contributed by atoms with Crippen LogP contribution in [0, 0.1) is 12.7 Å². The molecule has 2 rings (SSSR count). The fraction of sp³-hybridized carbons (Fsp3) is 0.150. The minimum absolute atomic E-state index is 0.172. The summed E-state index contributed by atoms with van der Waals surface area (Å²) in [5, 5.41) is 0. The van der Waals surface area contributed by atoms with Crippen LogP contribution in [0.2, 0.25) is 0 Å². The van der Waals surface area contributed by atoms with Gasteiger partial charge in [0.25, 0.3) is 0 Å². The molecule has 23 heavy (non-hydrogen) atoms. The van der Waals surface area contributed by atoms with E-state index in [9.17, 15) is 9.18 Å². The van der Waals surface area contributed by atoms with Gasteiger partial charge in [0.2, 0.25) is 5.91 Å². The summed E-state index contributed by atoms with van der Waals surface area (Å²) in [6.07, 6.45) is 4.91. The average molecular weight is 309 g/mol. The average Bonchev–Trinajstić information content (AvgIpc) is 2.55. The van der Waals surface area contributed by atoms with Gasteiger partial charge in [0, 0.05) is 24.7 Å². The second-order valence-corrected chi connectivity index (χ2v) is 5.34. The largest absolute Gasteiger partial charge is 0.331 e. The van der Waals surface area contributed by atoms with Gasteiger partial charge in [0.05, 0.1) is 0 Å². The highest BCUT2D eigenvalue weighted by Gasteiger charge is 2.12. The summed E-state index contributed by atoms with van der Waals surface area (Å²) < 4.78 is 13.8. The second-order valence-electron chi connectivity index (χ2n) is 5.34. The van der Waals surface area contributed by atoms with Crippen molar-refractivity contribution in [2.75, 3.05) is 6.54 Å². The van der Waals surface area contributed by atoms with Crippen LogP contribution >= 0.6 is 0 Å². The molecule has 0 saturated carbocycles. The predicted octanol–water partition coefficient (Wildman–Crippen LogP) is 4.36. The first-order valence-corrected chi connectivity index (χ1v) is 7.48. The molecule has 0 aliphatic heterocycles. The van der Waals surface area contributed by atoms with E-state index >= 15 is 0 Å². The number of aryl methyl sites for hydroxylation is 1. The number of hydrogen-bond donors (Lipinski definition) is 0. The standard InChI is InChI=1S/C20H20FNO/c1-3-14-22(15-18-6-4-5-7-19(18)21)20(23)13-12-17-10-8-16(2)9-11-17/h3-13H,1,14-15H2,2H3/b13-12+. The number of rotatable bonds is 6. The van der Waals surface area contributed by atoms with Gasteiger partial charge < -0.3 is 4.90 Å². The topological polar surface area (TPSA) is 20.3 Å². The summed E-state index contributed by atoms with van der Waals surface area (Å²) in [6, 6.07) is 14.4. The van der Waals surface area contributed by atoms with Gasteiger partial charge in [-0.15, -0.1) is 6.58 Å². The molecule has 0 aromatic heterocycles. The van der Waals surface area contributed by atoms with Crippen molar-refractivity contribution in [3.05, 3.63) is 89.8 Å². The molecule has 118 valence electrons. The van der Waals surface area contributed by atoms with Gasteiger partial charge in [0.1, 0.15) is 5.82 Å². The van der Waals surface area contributed by atoms with Crippen molar-refractivity contribution in [2.24, 2.45) is 0 Å². The fourth-order valence-corrected chi connectivity index (χ4v) is 2.17. The molecule has 0 radical (unpaired) electrons. The van der Waals surface area contributed by atoms with Crippen molar-refractivity contribution in [1.29, 1.82) is 0 Å². The van der Waals surface area contributed by atoms with Crippen LogP contribution in [0.25, 0.3) is 6.08 Å². The van der Waals surface area contributed by atoms with Gasteiger partial charge in [-0.2, -0.15) is 0 Å². The first-order valence-electron chi connectivity index (χ1n) is 7.48. The molecule has 0 spiro atoms. The molecule has 0 bridgehead atoms. The number of halogens is 1. The van der Waals surface area contributed by atoms with Crippen LogP contribution in [0.1, 0.15) is 16.7 Å². The quantitative estimate of drug-likeness (QED) is 0.573. The lowest BCUT2D eigenvalue weighted by molar-refractivity contribution is -0.126. The Morgan fingerprint density at radius 2 is 1.87 bits per heavy atom. The Bertz CT molecular complexity index is 704. The molecule has 3 heteroatoms. The monoisotopic (exact) mass is 309 g/mol. The van der Waals surface area contributed by atoms with Crippen LogP contribution in [0.5, 0.6) is 0 Å². The normalized spacial score (nSPS) is 10.7. The molecule has 0 heterocycles. The first kappa shape index (κ1) is 16.7. The lowest BCUT2D eigenvalue weighted by Crippen LogP contribution is -2.29. The Hall–Kier alpha value is -2.68. The summed E-state index contributed by atoms with van der Waals surface area (Å²) in [6.45, 7) is 6.26. The predicted molar refractivity (Wildman–Crippen MR) is 92.2 cm³/mol. The molecule has 2 aromatic carbocycles. The molecule has 0 saturated heterocycles. The van der Waals surface area contributed by atoms with Crippen molar-refractivity contribution in [1.82, 2.24) is 4.90 Å². The van der Waals surface area contributed by atoms with E-state index in [0.717, 1.165) is 5.56 Å². The lowest BCUT2D eigenvalue weighted by atomic mass is 10.1. The Balaban J connectivity index is 2.10. The number of nitrogens with zero attached hydrogens (tertiary/aromatic N) is 1. The first-order chi connectivity index (χ1) is 11.1. The van der Waals surface area contributed by atoms with Gasteiger partial charge in [-0.25, -0.2) is 4.39 Å². The molecule has 0 aliphatic rings. The molecule has 0 atom stereocenters. The Labute approximate surface area is 136 Å². The van der Waals surface area contributed by atoms with Gasteiger partial charge in [-0.3, -0.25) is 4.79 Å². The second kappa shape index (κ2) is 8.08. The van der Waals surface area contributed by atoms with Crippen molar-refractivity contribution in [2.45, 2.75) is 13.5 Å². The molecular weight excluding hydrogens is 289 g/mol. The van der Waals surface area contributed by atoms with Crippen LogP contribution in [-0.2, 0) is 11.3 Å². The highest BCUT2D eigenvalue weighted by molar-refractivity contribution is 5.91. The van der Waals surface area contributed by atoms with Crippen molar-refractivity contribution < 1.29 is 9.18 Å². The van der Waals surface area contributed by atoms with E-state index in [-0.39, 0.29) is 18.3 Å². The van der Waals surface area contributed by atoms with Crippen LogP contribution in [0.4, 0.5) is 4.39 Å². The summed E-state index contributed by atoms with van der Waals surface area (Å²) in [5.74, 6) is -0.481. The summed E-state index contributed by atoms with van der Waals surface area (Å²) in [7, 11) is 0. The summed E-state index contributed by atoms with van der Waals surface area (Å²) in [5.41, 5.74) is 2.61. The minimum Gasteiger partial charge on any atom is -0.331 e. The molecule has 0 aliphatic carbocycles. The molecule has 0 N–H and O–H groups in total. The molecule has 0 unspecified atom stereocenters. The van der Waals surface area contributed by atoms with Crippen LogP contribution in [0.15, 0.2) is 67.3 Å². The van der Waals surface area contributed by atoms with E-state index in [2.05, 4.69) is 6.58 Å².